The highest BCUT2D eigenvalue weighted by atomic mass is 16.5. The summed E-state index contributed by atoms with van der Waals surface area (Å²) >= 11 is 0. The molecule has 0 spiro atoms. The molecule has 1 heterocycles. The van der Waals surface area contributed by atoms with Crippen molar-refractivity contribution in [3.05, 3.63) is 94.0 Å². The molecule has 0 saturated heterocycles. The molecule has 3 N–H and O–H groups in total. The Hall–Kier alpha value is -3.37. The number of hydrogen-bond acceptors (Lipinski definition) is 4. The third-order valence-corrected chi connectivity index (χ3v) is 7.99. The molecule has 40 heavy (non-hydrogen) atoms. The first-order valence-corrected chi connectivity index (χ1v) is 15.1. The quantitative estimate of drug-likeness (QED) is 0.168. The number of fused-ring (bicyclic) bond motifs is 1. The number of rotatable bonds is 14. The maximum atomic E-state index is 6.38. The number of ether oxygens (including phenoxy) is 1. The average molecular weight is 538 g/mol. The van der Waals surface area contributed by atoms with Gasteiger partial charge < -0.3 is 15.8 Å². The molecule has 0 aliphatic carbocycles. The minimum Gasteiger partial charge on any atom is -0.457 e. The summed E-state index contributed by atoms with van der Waals surface area (Å²) in [5.74, 6) is 3.07. The SMILES string of the molecule is CCCCC(CCC)CCc1cc2cc(Oc3cccc(CNCc4c(C)cc(C)cc4C)c3)ccc2nc1N. The Kier molecular flexibility index (Phi) is 10.6. The first-order valence-electron chi connectivity index (χ1n) is 15.1. The molecule has 0 saturated carbocycles. The van der Waals surface area contributed by atoms with Gasteiger partial charge in [-0.1, -0.05) is 75.8 Å². The summed E-state index contributed by atoms with van der Waals surface area (Å²) in [4.78, 5) is 4.71. The van der Waals surface area contributed by atoms with Gasteiger partial charge in [0.2, 0.25) is 0 Å². The predicted molar refractivity (Wildman–Crippen MR) is 170 cm³/mol. The van der Waals surface area contributed by atoms with Crippen LogP contribution >= 0.6 is 0 Å². The largest absolute Gasteiger partial charge is 0.457 e. The Balaban J connectivity index is 1.41. The molecule has 0 aliphatic rings. The number of hydrogen-bond donors (Lipinski definition) is 2. The third-order valence-electron chi connectivity index (χ3n) is 7.99. The molecule has 0 radical (unpaired) electrons. The number of nitrogens with zero attached hydrogens (tertiary/aromatic N) is 1. The number of unbranched alkanes of at least 4 members (excludes halogenated alkanes) is 1. The van der Waals surface area contributed by atoms with Crippen molar-refractivity contribution in [2.75, 3.05) is 5.73 Å². The Bertz CT molecular complexity index is 1390. The molecular formula is C36H47N3O. The van der Waals surface area contributed by atoms with Gasteiger partial charge in [0.1, 0.15) is 17.3 Å². The van der Waals surface area contributed by atoms with Crippen LogP contribution in [0, 0.1) is 26.7 Å². The van der Waals surface area contributed by atoms with Gasteiger partial charge in [-0.15, -0.1) is 0 Å². The number of nitrogens with one attached hydrogen (secondary N) is 1. The number of aromatic nitrogens is 1. The van der Waals surface area contributed by atoms with E-state index in [2.05, 4.69) is 82.4 Å². The zero-order valence-corrected chi connectivity index (χ0v) is 25.1. The smallest absolute Gasteiger partial charge is 0.128 e. The molecule has 212 valence electrons. The maximum Gasteiger partial charge on any atom is 0.128 e. The Morgan fingerprint density at radius 3 is 2.35 bits per heavy atom. The van der Waals surface area contributed by atoms with Gasteiger partial charge in [0.05, 0.1) is 5.52 Å². The highest BCUT2D eigenvalue weighted by Gasteiger charge is 2.12. The minimum atomic E-state index is 0.656. The summed E-state index contributed by atoms with van der Waals surface area (Å²) < 4.78 is 6.30. The lowest BCUT2D eigenvalue weighted by atomic mass is 9.90. The highest BCUT2D eigenvalue weighted by Crippen LogP contribution is 2.29. The Morgan fingerprint density at radius 1 is 0.825 bits per heavy atom. The van der Waals surface area contributed by atoms with Crippen molar-refractivity contribution in [3.8, 4) is 11.5 Å². The van der Waals surface area contributed by atoms with Gasteiger partial charge in [-0.2, -0.15) is 0 Å². The molecule has 0 fully saturated rings. The molecule has 0 amide bonds. The summed E-state index contributed by atoms with van der Waals surface area (Å²) in [5.41, 5.74) is 15.0. The van der Waals surface area contributed by atoms with Crippen molar-refractivity contribution in [3.63, 3.8) is 0 Å². The third kappa shape index (κ3) is 8.08. The average Bonchev–Trinajstić information content (AvgIpc) is 2.92. The van der Waals surface area contributed by atoms with Crippen LogP contribution in [0.1, 0.15) is 85.8 Å². The molecule has 1 atom stereocenters. The van der Waals surface area contributed by atoms with E-state index in [0.29, 0.717) is 5.82 Å². The lowest BCUT2D eigenvalue weighted by Gasteiger charge is -2.16. The number of benzene rings is 3. The van der Waals surface area contributed by atoms with Crippen LogP contribution in [0.25, 0.3) is 10.9 Å². The van der Waals surface area contributed by atoms with Crippen molar-refractivity contribution < 1.29 is 4.74 Å². The fourth-order valence-corrected chi connectivity index (χ4v) is 5.85. The molecule has 4 nitrogen and oxygen atoms in total. The van der Waals surface area contributed by atoms with E-state index in [4.69, 9.17) is 15.5 Å². The zero-order valence-electron chi connectivity index (χ0n) is 25.1. The van der Waals surface area contributed by atoms with E-state index in [1.54, 1.807) is 0 Å². The monoisotopic (exact) mass is 537 g/mol. The summed E-state index contributed by atoms with van der Waals surface area (Å²) in [5, 5.41) is 4.68. The van der Waals surface area contributed by atoms with Gasteiger partial charge in [-0.3, -0.25) is 0 Å². The summed E-state index contributed by atoms with van der Waals surface area (Å²) in [6, 6.07) is 21.1. The summed E-state index contributed by atoms with van der Waals surface area (Å²) in [6.45, 7) is 12.7. The predicted octanol–water partition coefficient (Wildman–Crippen LogP) is 9.36. The van der Waals surface area contributed by atoms with Gasteiger partial charge in [0.15, 0.2) is 0 Å². The molecule has 4 aromatic rings. The van der Waals surface area contributed by atoms with Gasteiger partial charge in [-0.25, -0.2) is 4.98 Å². The van der Waals surface area contributed by atoms with E-state index in [1.807, 2.05) is 18.2 Å². The van der Waals surface area contributed by atoms with E-state index in [-0.39, 0.29) is 0 Å². The number of nitrogen functional groups attached to an aromatic ring is 1. The number of aryl methyl sites for hydroxylation is 4. The molecule has 1 unspecified atom stereocenters. The van der Waals surface area contributed by atoms with Crippen molar-refractivity contribution in [2.24, 2.45) is 5.92 Å². The normalized spacial score (nSPS) is 12.1. The van der Waals surface area contributed by atoms with Crippen LogP contribution < -0.4 is 15.8 Å². The highest BCUT2D eigenvalue weighted by molar-refractivity contribution is 5.83. The van der Waals surface area contributed by atoms with Crippen LogP contribution in [0.5, 0.6) is 11.5 Å². The fraction of sp³-hybridized carbons (Fsp3) is 0.417. The van der Waals surface area contributed by atoms with Crippen LogP contribution in [-0.4, -0.2) is 4.98 Å². The van der Waals surface area contributed by atoms with E-state index in [9.17, 15) is 0 Å². The first kappa shape index (κ1) is 29.6. The molecule has 0 aliphatic heterocycles. The minimum absolute atomic E-state index is 0.656. The van der Waals surface area contributed by atoms with Crippen molar-refractivity contribution in [2.45, 2.75) is 92.7 Å². The topological polar surface area (TPSA) is 60.2 Å². The fourth-order valence-electron chi connectivity index (χ4n) is 5.85. The van der Waals surface area contributed by atoms with Gasteiger partial charge >= 0.3 is 0 Å². The van der Waals surface area contributed by atoms with Crippen LogP contribution in [0.4, 0.5) is 5.82 Å². The summed E-state index contributed by atoms with van der Waals surface area (Å²) in [6.07, 6.45) is 8.55. The standard InChI is InChI=1S/C36H47N3O/c1-6-8-11-28(10-7-2)14-15-30-21-31-22-33(16-17-35(31)39-36(30)37)40-32-13-9-12-29(20-32)23-38-24-34-26(4)18-25(3)19-27(34)5/h9,12-13,16-22,28,38H,6-8,10-11,14-15,23-24H2,1-5H3,(H2,37,39). The lowest BCUT2D eigenvalue weighted by molar-refractivity contribution is 0.402. The Morgan fingerprint density at radius 2 is 1.60 bits per heavy atom. The van der Waals surface area contributed by atoms with Gasteiger partial charge in [-0.05, 0) is 104 Å². The molecular weight excluding hydrogens is 490 g/mol. The second kappa shape index (κ2) is 14.3. The second-order valence-corrected chi connectivity index (χ2v) is 11.5. The van der Waals surface area contributed by atoms with Gasteiger partial charge in [0.25, 0.3) is 0 Å². The van der Waals surface area contributed by atoms with Crippen LogP contribution in [0.2, 0.25) is 0 Å². The van der Waals surface area contributed by atoms with E-state index >= 15 is 0 Å². The van der Waals surface area contributed by atoms with E-state index in [0.717, 1.165) is 53.4 Å². The molecule has 4 heteroatoms. The van der Waals surface area contributed by atoms with E-state index in [1.165, 1.54) is 66.3 Å². The maximum absolute atomic E-state index is 6.38. The van der Waals surface area contributed by atoms with Crippen LogP contribution in [-0.2, 0) is 19.5 Å². The van der Waals surface area contributed by atoms with Crippen LogP contribution in [0.3, 0.4) is 0 Å². The number of pyridine rings is 1. The second-order valence-electron chi connectivity index (χ2n) is 11.5. The zero-order chi connectivity index (χ0) is 28.5. The van der Waals surface area contributed by atoms with E-state index < -0.39 is 0 Å². The number of anilines is 1. The van der Waals surface area contributed by atoms with Crippen LogP contribution in [0.15, 0.2) is 60.7 Å². The molecule has 0 bridgehead atoms. The molecule has 3 aromatic carbocycles. The first-order chi connectivity index (χ1) is 19.4. The number of nitrogens with two attached hydrogens (primary N) is 1. The van der Waals surface area contributed by atoms with Crippen molar-refractivity contribution in [1.82, 2.24) is 10.3 Å². The molecule has 4 rings (SSSR count). The van der Waals surface area contributed by atoms with Gasteiger partial charge in [0, 0.05) is 18.5 Å². The Labute approximate surface area is 241 Å². The molecule has 1 aromatic heterocycles. The summed E-state index contributed by atoms with van der Waals surface area (Å²) in [7, 11) is 0. The van der Waals surface area contributed by atoms with Crippen molar-refractivity contribution >= 4 is 16.7 Å². The lowest BCUT2D eigenvalue weighted by Crippen LogP contribution is -2.14. The van der Waals surface area contributed by atoms with Crippen molar-refractivity contribution in [1.29, 1.82) is 0 Å².